The highest BCUT2D eigenvalue weighted by Crippen LogP contribution is 2.30. The third kappa shape index (κ3) is 4.85. The number of hydrogen-bond donors (Lipinski definition) is 1. The van der Waals surface area contributed by atoms with E-state index in [1.165, 1.54) is 51.0 Å². The van der Waals surface area contributed by atoms with Crippen molar-refractivity contribution in [2.45, 2.75) is 25.3 Å². The molecule has 1 atom stereocenters. The van der Waals surface area contributed by atoms with Crippen LogP contribution in [0.4, 0.5) is 11.4 Å². The second kappa shape index (κ2) is 10.6. The Morgan fingerprint density at radius 1 is 0.854 bits per heavy atom. The Labute approximate surface area is 236 Å². The van der Waals surface area contributed by atoms with Gasteiger partial charge in [-0.1, -0.05) is 48.5 Å². The van der Waals surface area contributed by atoms with E-state index in [0.29, 0.717) is 17.7 Å². The number of non-ortho nitro benzene ring substituents is 1. The minimum Gasteiger partial charge on any atom is -0.322 e. The highest BCUT2D eigenvalue weighted by molar-refractivity contribution is 6.24. The molecule has 0 spiro atoms. The van der Waals surface area contributed by atoms with Gasteiger partial charge in [-0.2, -0.15) is 0 Å². The highest BCUT2D eigenvalue weighted by Gasteiger charge is 2.25. The first kappa shape index (κ1) is 26.3. The van der Waals surface area contributed by atoms with E-state index >= 15 is 0 Å². The summed E-state index contributed by atoms with van der Waals surface area (Å²) in [6.07, 6.45) is 4.86. The van der Waals surface area contributed by atoms with Crippen LogP contribution in [0.1, 0.15) is 50.7 Å². The fraction of sp³-hybridized carbons (Fsp3) is 0.176. The molecule has 7 nitrogen and oxygen atoms in total. The van der Waals surface area contributed by atoms with Gasteiger partial charge in [-0.25, -0.2) is 0 Å². The number of fused-ring (bicyclic) bond motifs is 4. The molecule has 1 amide bonds. The molecule has 0 saturated heterocycles. The predicted molar refractivity (Wildman–Crippen MR) is 159 cm³/mol. The van der Waals surface area contributed by atoms with Gasteiger partial charge in [0.25, 0.3) is 11.6 Å². The van der Waals surface area contributed by atoms with E-state index in [-0.39, 0.29) is 23.1 Å². The lowest BCUT2D eigenvalue weighted by molar-refractivity contribution is -0.384. The van der Waals surface area contributed by atoms with E-state index in [1.807, 2.05) is 0 Å². The minimum atomic E-state index is -0.536. The van der Waals surface area contributed by atoms with Crippen LogP contribution in [0.3, 0.4) is 0 Å². The molecule has 204 valence electrons. The van der Waals surface area contributed by atoms with Gasteiger partial charge in [0.2, 0.25) is 0 Å². The molecule has 1 unspecified atom stereocenters. The molecule has 0 bridgehead atoms. The fourth-order valence-electron chi connectivity index (χ4n) is 5.99. The molecule has 7 heteroatoms. The second-order valence-electron chi connectivity index (χ2n) is 10.7. The van der Waals surface area contributed by atoms with Gasteiger partial charge < -0.3 is 5.32 Å². The van der Waals surface area contributed by atoms with Crippen LogP contribution < -0.4 is 15.8 Å². The Morgan fingerprint density at radius 3 is 2.37 bits per heavy atom. The summed E-state index contributed by atoms with van der Waals surface area (Å²) < 4.78 is 0. The van der Waals surface area contributed by atoms with Crippen molar-refractivity contribution in [2.75, 3.05) is 19.4 Å². The third-order valence-electron chi connectivity index (χ3n) is 7.97. The predicted octanol–water partition coefficient (Wildman–Crippen LogP) is 4.90. The van der Waals surface area contributed by atoms with Gasteiger partial charge in [0, 0.05) is 34.5 Å². The lowest BCUT2D eigenvalue weighted by atomic mass is 9.82. The first-order valence-corrected chi connectivity index (χ1v) is 13.6. The molecule has 0 radical (unpaired) electrons. The summed E-state index contributed by atoms with van der Waals surface area (Å²) in [5.74, 6) is -0.467. The van der Waals surface area contributed by atoms with E-state index in [1.54, 1.807) is 24.3 Å². The Morgan fingerprint density at radius 2 is 1.61 bits per heavy atom. The number of nitro benzene ring substituents is 1. The van der Waals surface area contributed by atoms with E-state index < -0.39 is 10.8 Å². The Balaban J connectivity index is 1.35. The van der Waals surface area contributed by atoms with Gasteiger partial charge >= 0.3 is 0 Å². The molecule has 41 heavy (non-hydrogen) atoms. The standard InChI is InChI=1S/C34H29N3O4/c1-36(2)31-20-22-7-3-4-10-26(22)29-18-17-27-28(32(29)31)11-6-12-30(27)33(38)21-13-15-24(16-14-21)35-34(39)23-8-5-9-25(19-23)37(40)41/h3-5,7-10,13-20,31H,6,11-12H2,1-2H3,(H,35,39). The number of rotatable bonds is 6. The van der Waals surface area contributed by atoms with Crippen molar-refractivity contribution in [3.63, 3.8) is 0 Å². The number of nitrogens with one attached hydrogen (secondary N) is 1. The van der Waals surface area contributed by atoms with Crippen LogP contribution in [0, 0.1) is 20.6 Å². The maximum absolute atomic E-state index is 13.8. The van der Waals surface area contributed by atoms with Crippen LogP contribution in [-0.4, -0.2) is 35.6 Å². The molecule has 0 aliphatic heterocycles. The van der Waals surface area contributed by atoms with Crippen molar-refractivity contribution in [1.82, 2.24) is 4.90 Å². The topological polar surface area (TPSA) is 92.6 Å². The number of benzene rings is 4. The van der Waals surface area contributed by atoms with Crippen molar-refractivity contribution in [2.24, 2.45) is 0 Å². The maximum Gasteiger partial charge on any atom is 0.270 e. The molecule has 0 heterocycles. The van der Waals surface area contributed by atoms with E-state index in [0.717, 1.165) is 23.6 Å². The monoisotopic (exact) mass is 543 g/mol. The summed E-state index contributed by atoms with van der Waals surface area (Å²) >= 11 is 0. The van der Waals surface area contributed by atoms with E-state index in [4.69, 9.17) is 0 Å². The SMILES string of the molecule is CN(C)C1C=c2ccccc2=c2ccc3c(c21)CCCC=3C(=O)c1ccc(NC(=O)c2cccc([N+](=O)[O-])c2)cc1. The Bertz CT molecular complexity index is 1950. The minimum absolute atomic E-state index is 0.0101. The molecule has 0 aromatic heterocycles. The van der Waals surface area contributed by atoms with Crippen LogP contribution in [0.15, 0.2) is 84.9 Å². The summed E-state index contributed by atoms with van der Waals surface area (Å²) in [5.41, 5.74) is 4.46. The summed E-state index contributed by atoms with van der Waals surface area (Å²) in [4.78, 5) is 39.2. The van der Waals surface area contributed by atoms with Crippen molar-refractivity contribution in [1.29, 1.82) is 0 Å². The lowest BCUT2D eigenvalue weighted by Crippen LogP contribution is -2.31. The molecule has 2 aliphatic carbocycles. The van der Waals surface area contributed by atoms with Crippen LogP contribution >= 0.6 is 0 Å². The average Bonchev–Trinajstić information content (AvgIpc) is 3.00. The average molecular weight is 544 g/mol. The smallest absolute Gasteiger partial charge is 0.270 e. The number of nitro groups is 1. The van der Waals surface area contributed by atoms with Crippen LogP contribution in [0.2, 0.25) is 0 Å². The number of ketones is 1. The quantitative estimate of drug-likeness (QED) is 0.212. The number of amides is 1. The second-order valence-corrected chi connectivity index (χ2v) is 10.7. The highest BCUT2D eigenvalue weighted by atomic mass is 16.6. The Kier molecular flexibility index (Phi) is 6.81. The summed E-state index contributed by atoms with van der Waals surface area (Å²) in [5, 5.41) is 18.5. The van der Waals surface area contributed by atoms with Crippen LogP contribution in [0.5, 0.6) is 0 Å². The zero-order valence-corrected chi connectivity index (χ0v) is 22.9. The fourth-order valence-corrected chi connectivity index (χ4v) is 5.99. The van der Waals surface area contributed by atoms with Gasteiger partial charge in [0.1, 0.15) is 0 Å². The number of nitrogens with zero attached hydrogens (tertiary/aromatic N) is 2. The number of carbonyl (C=O) groups is 2. The van der Waals surface area contributed by atoms with Gasteiger partial charge in [-0.15, -0.1) is 0 Å². The number of hydrogen-bond acceptors (Lipinski definition) is 5. The molecule has 1 N–H and O–H groups in total. The van der Waals surface area contributed by atoms with Gasteiger partial charge in [0.05, 0.1) is 11.0 Å². The first-order chi connectivity index (χ1) is 19.8. The van der Waals surface area contributed by atoms with Crippen molar-refractivity contribution >= 4 is 34.7 Å². The lowest BCUT2D eigenvalue weighted by Gasteiger charge is -2.29. The molecule has 0 fully saturated rings. The molecule has 2 aliphatic rings. The van der Waals surface area contributed by atoms with E-state index in [2.05, 4.69) is 66.8 Å². The van der Waals surface area contributed by atoms with Crippen LogP contribution in [0.25, 0.3) is 11.6 Å². The zero-order chi connectivity index (χ0) is 28.7. The summed E-state index contributed by atoms with van der Waals surface area (Å²) in [6.45, 7) is 0. The maximum atomic E-state index is 13.8. The largest absolute Gasteiger partial charge is 0.322 e. The van der Waals surface area contributed by atoms with Crippen molar-refractivity contribution in [3.8, 4) is 0 Å². The van der Waals surface area contributed by atoms with Gasteiger partial charge in [-0.05, 0) is 95.7 Å². The van der Waals surface area contributed by atoms with Crippen molar-refractivity contribution < 1.29 is 14.5 Å². The molecular weight excluding hydrogens is 514 g/mol. The number of anilines is 1. The van der Waals surface area contributed by atoms with Crippen LogP contribution in [-0.2, 0) is 6.42 Å². The normalized spacial score (nSPS) is 15.3. The first-order valence-electron chi connectivity index (χ1n) is 13.6. The molecule has 6 rings (SSSR count). The molecule has 0 saturated carbocycles. The number of Topliss-reactive ketones (excluding diaryl/α,β-unsaturated/α-hetero) is 1. The molecular formula is C34H29N3O4. The van der Waals surface area contributed by atoms with Crippen molar-refractivity contribution in [3.05, 3.63) is 138 Å². The molecule has 4 aromatic rings. The van der Waals surface area contributed by atoms with Gasteiger partial charge in [-0.3, -0.25) is 24.6 Å². The molecule has 4 aromatic carbocycles. The Hall–Kier alpha value is -4.88. The summed E-state index contributed by atoms with van der Waals surface area (Å²) in [6, 6.07) is 25.3. The zero-order valence-electron chi connectivity index (χ0n) is 22.9. The summed E-state index contributed by atoms with van der Waals surface area (Å²) in [7, 11) is 4.19. The van der Waals surface area contributed by atoms with Gasteiger partial charge in [0.15, 0.2) is 5.78 Å². The number of carbonyl (C=O) groups excluding carboxylic acids is 2. The van der Waals surface area contributed by atoms with E-state index in [9.17, 15) is 19.7 Å². The third-order valence-corrected chi connectivity index (χ3v) is 7.97.